The van der Waals surface area contributed by atoms with Gasteiger partial charge in [-0.3, -0.25) is 10.2 Å². The first-order valence-corrected chi connectivity index (χ1v) is 5.67. The van der Waals surface area contributed by atoms with Crippen LogP contribution in [0.25, 0.3) is 0 Å². The normalized spacial score (nSPS) is 9.82. The van der Waals surface area contributed by atoms with E-state index in [4.69, 9.17) is 21.7 Å². The van der Waals surface area contributed by atoms with E-state index in [1.54, 1.807) is 13.0 Å². The molecule has 0 spiro atoms. The van der Waals surface area contributed by atoms with E-state index >= 15 is 0 Å². The molecule has 0 aliphatic rings. The molecule has 0 saturated carbocycles. The van der Waals surface area contributed by atoms with Crippen LogP contribution in [0.1, 0.15) is 18.9 Å². The van der Waals surface area contributed by atoms with Gasteiger partial charge in [0.05, 0.1) is 17.3 Å². The number of nitrogens with one attached hydrogen (secondary N) is 2. The molecule has 0 radical (unpaired) electrons. The largest absolute Gasteiger partial charge is 0.481 e. The van der Waals surface area contributed by atoms with E-state index in [-0.39, 0.29) is 18.2 Å². The van der Waals surface area contributed by atoms with E-state index in [9.17, 15) is 4.79 Å². The number of carbonyl (C=O) groups is 1. The molecule has 0 unspecified atom stereocenters. The molecule has 0 aliphatic heterocycles. The van der Waals surface area contributed by atoms with E-state index in [0.717, 1.165) is 5.56 Å². The van der Waals surface area contributed by atoms with Crippen molar-refractivity contribution < 1.29 is 9.53 Å². The van der Waals surface area contributed by atoms with Crippen molar-refractivity contribution in [1.82, 2.24) is 0 Å². The number of aryl methyl sites for hydroxylation is 1. The van der Waals surface area contributed by atoms with Crippen LogP contribution in [-0.2, 0) is 9.53 Å². The summed E-state index contributed by atoms with van der Waals surface area (Å²) in [6.45, 7) is 4.02. The zero-order valence-electron chi connectivity index (χ0n) is 9.84. The van der Waals surface area contributed by atoms with Gasteiger partial charge in [-0.25, -0.2) is 0 Å². The van der Waals surface area contributed by atoms with Crippen LogP contribution in [0.5, 0.6) is 0 Å². The van der Waals surface area contributed by atoms with Gasteiger partial charge in [0.1, 0.15) is 6.42 Å². The van der Waals surface area contributed by atoms with E-state index in [1.165, 1.54) is 0 Å². The van der Waals surface area contributed by atoms with Crippen LogP contribution in [0, 0.1) is 12.3 Å². The Labute approximate surface area is 105 Å². The summed E-state index contributed by atoms with van der Waals surface area (Å²) >= 11 is 6.04. The molecule has 92 valence electrons. The Bertz CT molecular complexity index is 433. The third kappa shape index (κ3) is 4.07. The lowest BCUT2D eigenvalue weighted by Gasteiger charge is -2.09. The average molecular weight is 255 g/mol. The molecule has 1 rings (SSSR count). The maximum atomic E-state index is 11.6. The van der Waals surface area contributed by atoms with Crippen molar-refractivity contribution in [1.29, 1.82) is 5.41 Å². The van der Waals surface area contributed by atoms with Crippen LogP contribution in [0.2, 0.25) is 5.02 Å². The Morgan fingerprint density at radius 1 is 1.53 bits per heavy atom. The topological polar surface area (TPSA) is 62.2 Å². The first-order chi connectivity index (χ1) is 8.04. The molecule has 0 aromatic heterocycles. The molecule has 4 nitrogen and oxygen atoms in total. The van der Waals surface area contributed by atoms with Gasteiger partial charge in [-0.1, -0.05) is 23.7 Å². The Hall–Kier alpha value is -1.55. The number of benzene rings is 1. The van der Waals surface area contributed by atoms with Crippen molar-refractivity contribution in [2.75, 3.05) is 11.9 Å². The summed E-state index contributed by atoms with van der Waals surface area (Å²) in [5, 5.41) is 10.5. The summed E-state index contributed by atoms with van der Waals surface area (Å²) < 4.78 is 4.89. The smallest absolute Gasteiger partial charge is 0.233 e. The van der Waals surface area contributed by atoms with Crippen molar-refractivity contribution in [3.8, 4) is 0 Å². The van der Waals surface area contributed by atoms with Gasteiger partial charge in [0.25, 0.3) is 0 Å². The van der Waals surface area contributed by atoms with Crippen molar-refractivity contribution in [2.45, 2.75) is 20.3 Å². The number of halogens is 1. The minimum absolute atomic E-state index is 0.0474. The second kappa shape index (κ2) is 6.25. The van der Waals surface area contributed by atoms with E-state index < -0.39 is 0 Å². The predicted octanol–water partition coefficient (Wildman–Crippen LogP) is 2.99. The number of ether oxygens (including phenoxy) is 1. The van der Waals surface area contributed by atoms with E-state index in [1.807, 2.05) is 19.1 Å². The number of carbonyl (C=O) groups excluding carboxylic acids is 1. The number of anilines is 1. The van der Waals surface area contributed by atoms with Gasteiger partial charge < -0.3 is 10.1 Å². The van der Waals surface area contributed by atoms with E-state index in [0.29, 0.717) is 17.3 Å². The maximum Gasteiger partial charge on any atom is 0.233 e. The standard InChI is InChI=1S/C12H15ClN2O2/c1-3-17-10(14)7-11(16)15-9-6-4-5-8(2)12(9)13/h4-6,14H,3,7H2,1-2H3,(H,15,16). The molecular weight excluding hydrogens is 240 g/mol. The third-order valence-corrected chi connectivity index (χ3v) is 2.61. The summed E-state index contributed by atoms with van der Waals surface area (Å²) in [6, 6.07) is 5.39. The van der Waals surface area contributed by atoms with Gasteiger partial charge >= 0.3 is 0 Å². The van der Waals surface area contributed by atoms with Crippen LogP contribution < -0.4 is 5.32 Å². The van der Waals surface area contributed by atoms with E-state index in [2.05, 4.69) is 5.32 Å². The minimum Gasteiger partial charge on any atom is -0.481 e. The van der Waals surface area contributed by atoms with Gasteiger partial charge in [0, 0.05) is 0 Å². The zero-order valence-corrected chi connectivity index (χ0v) is 10.6. The molecule has 0 heterocycles. The number of hydrogen-bond donors (Lipinski definition) is 2. The number of rotatable bonds is 4. The van der Waals surface area contributed by atoms with Crippen molar-refractivity contribution in [2.24, 2.45) is 0 Å². The lowest BCUT2D eigenvalue weighted by Crippen LogP contribution is -2.18. The van der Waals surface area contributed by atoms with Crippen LogP contribution in [0.4, 0.5) is 5.69 Å². The first kappa shape index (κ1) is 13.5. The lowest BCUT2D eigenvalue weighted by molar-refractivity contribution is -0.115. The molecule has 0 bridgehead atoms. The highest BCUT2D eigenvalue weighted by atomic mass is 35.5. The Morgan fingerprint density at radius 2 is 2.24 bits per heavy atom. The summed E-state index contributed by atoms with van der Waals surface area (Å²) in [5.74, 6) is -0.357. The molecule has 0 saturated heterocycles. The fourth-order valence-electron chi connectivity index (χ4n) is 1.31. The van der Waals surface area contributed by atoms with Gasteiger partial charge in [0.2, 0.25) is 5.91 Å². The molecule has 1 aromatic carbocycles. The lowest BCUT2D eigenvalue weighted by atomic mass is 10.2. The predicted molar refractivity (Wildman–Crippen MR) is 68.8 cm³/mol. The van der Waals surface area contributed by atoms with Crippen molar-refractivity contribution >= 4 is 29.1 Å². The Balaban J connectivity index is 2.62. The fraction of sp³-hybridized carbons (Fsp3) is 0.333. The highest BCUT2D eigenvalue weighted by Crippen LogP contribution is 2.25. The number of hydrogen-bond acceptors (Lipinski definition) is 3. The molecule has 1 amide bonds. The quantitative estimate of drug-likeness (QED) is 0.641. The highest BCUT2D eigenvalue weighted by Gasteiger charge is 2.10. The molecule has 5 heteroatoms. The number of amides is 1. The van der Waals surface area contributed by atoms with Crippen LogP contribution in [0.15, 0.2) is 18.2 Å². The molecule has 17 heavy (non-hydrogen) atoms. The second-order valence-corrected chi connectivity index (χ2v) is 3.90. The zero-order chi connectivity index (χ0) is 12.8. The molecule has 2 N–H and O–H groups in total. The second-order valence-electron chi connectivity index (χ2n) is 3.52. The third-order valence-electron chi connectivity index (χ3n) is 2.11. The van der Waals surface area contributed by atoms with Gasteiger partial charge in [-0.2, -0.15) is 0 Å². The Kier molecular flexibility index (Phi) is 4.97. The van der Waals surface area contributed by atoms with Crippen LogP contribution in [-0.4, -0.2) is 18.4 Å². The van der Waals surface area contributed by atoms with Gasteiger partial charge in [-0.05, 0) is 25.5 Å². The summed E-state index contributed by atoms with van der Waals surface area (Å²) in [6.07, 6.45) is -0.0852. The minimum atomic E-state index is -0.309. The molecule has 0 atom stereocenters. The van der Waals surface area contributed by atoms with Crippen molar-refractivity contribution in [3.63, 3.8) is 0 Å². The van der Waals surface area contributed by atoms with Crippen molar-refractivity contribution in [3.05, 3.63) is 28.8 Å². The summed E-state index contributed by atoms with van der Waals surface area (Å²) in [4.78, 5) is 11.6. The maximum absolute atomic E-state index is 11.6. The van der Waals surface area contributed by atoms with Gasteiger partial charge in [-0.15, -0.1) is 0 Å². The van der Waals surface area contributed by atoms with Crippen LogP contribution in [0.3, 0.4) is 0 Å². The molecular formula is C12H15ClN2O2. The van der Waals surface area contributed by atoms with Gasteiger partial charge in [0.15, 0.2) is 5.90 Å². The first-order valence-electron chi connectivity index (χ1n) is 5.29. The molecule has 0 fully saturated rings. The molecule has 1 aromatic rings. The summed E-state index contributed by atoms with van der Waals surface area (Å²) in [7, 11) is 0. The fourth-order valence-corrected chi connectivity index (χ4v) is 1.48. The SMILES string of the molecule is CCOC(=N)CC(=O)Nc1cccc(C)c1Cl. The molecule has 0 aliphatic carbocycles. The monoisotopic (exact) mass is 254 g/mol. The Morgan fingerprint density at radius 3 is 2.88 bits per heavy atom. The highest BCUT2D eigenvalue weighted by molar-refractivity contribution is 6.34. The average Bonchev–Trinajstić information content (AvgIpc) is 2.25. The summed E-state index contributed by atoms with van der Waals surface area (Å²) in [5.41, 5.74) is 1.45. The van der Waals surface area contributed by atoms with Crippen LogP contribution >= 0.6 is 11.6 Å².